The second kappa shape index (κ2) is 5.05. The number of nitro benzene ring substituents is 1. The maximum atomic E-state index is 13.4. The Hall–Kier alpha value is -2.05. The summed E-state index contributed by atoms with van der Waals surface area (Å²) in [5.41, 5.74) is -1.05. The fourth-order valence-electron chi connectivity index (χ4n) is 2.38. The quantitative estimate of drug-likeness (QED) is 0.620. The predicted molar refractivity (Wildman–Crippen MR) is 69.8 cm³/mol. The van der Waals surface area contributed by atoms with Crippen LogP contribution < -0.4 is 0 Å². The Balaban J connectivity index is 1.94. The van der Waals surface area contributed by atoms with Gasteiger partial charge in [0.05, 0.1) is 11.0 Å². The number of rotatable bonds is 5. The summed E-state index contributed by atoms with van der Waals surface area (Å²) in [7, 11) is 0. The van der Waals surface area contributed by atoms with Crippen LogP contribution in [0, 0.1) is 27.7 Å². The average molecular weight is 296 g/mol. The molecule has 3 rings (SSSR count). The van der Waals surface area contributed by atoms with E-state index >= 15 is 0 Å². The van der Waals surface area contributed by atoms with E-state index in [2.05, 4.69) is 0 Å². The highest BCUT2D eigenvalue weighted by Gasteiger charge is 2.39. The summed E-state index contributed by atoms with van der Waals surface area (Å²) in [5.74, 6) is -2.71. The molecule has 0 aliphatic heterocycles. The molecule has 0 bridgehead atoms. The second-order valence-corrected chi connectivity index (χ2v) is 5.67. The second-order valence-electron chi connectivity index (χ2n) is 5.67. The first kappa shape index (κ1) is 13.9. The van der Waals surface area contributed by atoms with Gasteiger partial charge in [-0.2, -0.15) is 0 Å². The Bertz CT molecular complexity index is 612. The van der Waals surface area contributed by atoms with Crippen molar-refractivity contribution in [1.82, 2.24) is 4.90 Å². The molecular formula is C14H14F2N2O3. The van der Waals surface area contributed by atoms with Crippen molar-refractivity contribution < 1.29 is 18.5 Å². The Morgan fingerprint density at radius 3 is 2.38 bits per heavy atom. The van der Waals surface area contributed by atoms with Crippen molar-refractivity contribution in [1.29, 1.82) is 0 Å². The number of hydrogen-bond acceptors (Lipinski definition) is 3. The van der Waals surface area contributed by atoms with Crippen molar-refractivity contribution >= 4 is 11.6 Å². The van der Waals surface area contributed by atoms with E-state index < -0.39 is 28.2 Å². The molecule has 0 unspecified atom stereocenters. The van der Waals surface area contributed by atoms with Gasteiger partial charge in [0.25, 0.3) is 11.6 Å². The van der Waals surface area contributed by atoms with Gasteiger partial charge >= 0.3 is 0 Å². The summed E-state index contributed by atoms with van der Waals surface area (Å²) in [6.07, 6.45) is 3.79. The zero-order valence-electron chi connectivity index (χ0n) is 11.2. The number of halogens is 2. The third kappa shape index (κ3) is 2.86. The van der Waals surface area contributed by atoms with Crippen LogP contribution in [-0.2, 0) is 0 Å². The van der Waals surface area contributed by atoms with Gasteiger partial charge in [0, 0.05) is 12.6 Å². The first-order valence-electron chi connectivity index (χ1n) is 6.91. The van der Waals surface area contributed by atoms with E-state index in [9.17, 15) is 23.7 Å². The van der Waals surface area contributed by atoms with Crippen LogP contribution in [0.15, 0.2) is 12.1 Å². The van der Waals surface area contributed by atoms with E-state index in [1.54, 1.807) is 4.90 Å². The molecule has 2 saturated carbocycles. The van der Waals surface area contributed by atoms with Crippen LogP contribution in [-0.4, -0.2) is 28.3 Å². The van der Waals surface area contributed by atoms with Crippen LogP contribution in [0.5, 0.6) is 0 Å². The summed E-state index contributed by atoms with van der Waals surface area (Å²) in [6.45, 7) is 0.541. The lowest BCUT2D eigenvalue weighted by Gasteiger charge is -2.22. The number of nitro groups is 1. The number of nitrogens with zero attached hydrogens (tertiary/aromatic N) is 2. The van der Waals surface area contributed by atoms with Gasteiger partial charge < -0.3 is 4.90 Å². The molecule has 1 aromatic rings. The number of carbonyl (C=O) groups excluding carboxylic acids is 1. The number of benzene rings is 1. The molecule has 2 aliphatic rings. The molecule has 0 saturated heterocycles. The summed E-state index contributed by atoms with van der Waals surface area (Å²) in [5, 5.41) is 11.0. The first-order valence-corrected chi connectivity index (χ1v) is 6.91. The topological polar surface area (TPSA) is 63.4 Å². The highest BCUT2D eigenvalue weighted by Crippen LogP contribution is 2.36. The molecule has 0 radical (unpaired) electrons. The van der Waals surface area contributed by atoms with Gasteiger partial charge in [0.2, 0.25) is 0 Å². The smallest absolute Gasteiger partial charge is 0.285 e. The van der Waals surface area contributed by atoms with Crippen molar-refractivity contribution in [2.75, 3.05) is 6.54 Å². The molecule has 2 aliphatic carbocycles. The minimum absolute atomic E-state index is 0.0748. The molecule has 0 atom stereocenters. The van der Waals surface area contributed by atoms with E-state index in [1.807, 2.05) is 0 Å². The van der Waals surface area contributed by atoms with Gasteiger partial charge in [-0.15, -0.1) is 0 Å². The lowest BCUT2D eigenvalue weighted by atomic mass is 10.1. The van der Waals surface area contributed by atoms with Crippen molar-refractivity contribution in [3.8, 4) is 0 Å². The molecule has 5 nitrogen and oxygen atoms in total. The zero-order chi connectivity index (χ0) is 15.1. The summed E-state index contributed by atoms with van der Waals surface area (Å²) >= 11 is 0. The SMILES string of the molecule is O=C(c1cc(F)c(F)cc1[N+](=O)[O-])N(CC1CC1)C1CC1. The van der Waals surface area contributed by atoms with Crippen molar-refractivity contribution in [3.05, 3.63) is 39.4 Å². The Morgan fingerprint density at radius 2 is 1.86 bits per heavy atom. The fourth-order valence-corrected chi connectivity index (χ4v) is 2.38. The van der Waals surface area contributed by atoms with Crippen LogP contribution in [0.3, 0.4) is 0 Å². The average Bonchev–Trinajstić information content (AvgIpc) is 3.30. The van der Waals surface area contributed by atoms with Gasteiger partial charge in [-0.3, -0.25) is 14.9 Å². The minimum Gasteiger partial charge on any atom is -0.335 e. The Labute approximate surface area is 119 Å². The summed E-state index contributed by atoms with van der Waals surface area (Å²) in [6, 6.07) is 1.19. The maximum absolute atomic E-state index is 13.4. The normalized spacial score (nSPS) is 17.6. The highest BCUT2D eigenvalue weighted by atomic mass is 19.2. The Morgan fingerprint density at radius 1 is 1.24 bits per heavy atom. The van der Waals surface area contributed by atoms with E-state index in [0.29, 0.717) is 24.6 Å². The van der Waals surface area contributed by atoms with E-state index in [-0.39, 0.29) is 11.6 Å². The predicted octanol–water partition coefficient (Wildman–Crippen LogP) is 2.89. The van der Waals surface area contributed by atoms with Crippen LogP contribution in [0.4, 0.5) is 14.5 Å². The molecule has 1 amide bonds. The third-order valence-electron chi connectivity index (χ3n) is 3.87. The molecule has 7 heteroatoms. The molecular weight excluding hydrogens is 282 g/mol. The molecule has 21 heavy (non-hydrogen) atoms. The lowest BCUT2D eigenvalue weighted by Crippen LogP contribution is -2.35. The van der Waals surface area contributed by atoms with Gasteiger partial charge in [-0.1, -0.05) is 0 Å². The third-order valence-corrected chi connectivity index (χ3v) is 3.87. The highest BCUT2D eigenvalue weighted by molar-refractivity contribution is 5.98. The van der Waals surface area contributed by atoms with Crippen LogP contribution >= 0.6 is 0 Å². The number of hydrogen-bond donors (Lipinski definition) is 0. The Kier molecular flexibility index (Phi) is 3.35. The van der Waals surface area contributed by atoms with Crippen molar-refractivity contribution in [2.24, 2.45) is 5.92 Å². The minimum atomic E-state index is -1.32. The largest absolute Gasteiger partial charge is 0.335 e. The van der Waals surface area contributed by atoms with E-state index in [1.165, 1.54) is 0 Å². The molecule has 0 heterocycles. The molecule has 0 spiro atoms. The van der Waals surface area contributed by atoms with Gasteiger partial charge in [-0.25, -0.2) is 8.78 Å². The van der Waals surface area contributed by atoms with Gasteiger partial charge in [0.1, 0.15) is 5.56 Å². The number of carbonyl (C=O) groups is 1. The van der Waals surface area contributed by atoms with Crippen LogP contribution in [0.2, 0.25) is 0 Å². The summed E-state index contributed by atoms with van der Waals surface area (Å²) < 4.78 is 26.5. The molecule has 2 fully saturated rings. The van der Waals surface area contributed by atoms with Crippen molar-refractivity contribution in [3.63, 3.8) is 0 Å². The van der Waals surface area contributed by atoms with E-state index in [4.69, 9.17) is 0 Å². The molecule has 112 valence electrons. The summed E-state index contributed by atoms with van der Waals surface area (Å²) in [4.78, 5) is 24.2. The van der Waals surface area contributed by atoms with E-state index in [0.717, 1.165) is 25.7 Å². The molecule has 0 N–H and O–H groups in total. The van der Waals surface area contributed by atoms with Gasteiger partial charge in [0.15, 0.2) is 11.6 Å². The van der Waals surface area contributed by atoms with Crippen LogP contribution in [0.1, 0.15) is 36.0 Å². The number of amides is 1. The maximum Gasteiger partial charge on any atom is 0.285 e. The van der Waals surface area contributed by atoms with Crippen LogP contribution in [0.25, 0.3) is 0 Å². The molecule has 0 aromatic heterocycles. The lowest BCUT2D eigenvalue weighted by molar-refractivity contribution is -0.385. The van der Waals surface area contributed by atoms with Gasteiger partial charge in [-0.05, 0) is 37.7 Å². The fraction of sp³-hybridized carbons (Fsp3) is 0.500. The monoisotopic (exact) mass is 296 g/mol. The first-order chi connectivity index (χ1) is 9.97. The zero-order valence-corrected chi connectivity index (χ0v) is 11.2. The molecule has 1 aromatic carbocycles. The van der Waals surface area contributed by atoms with Crippen molar-refractivity contribution in [2.45, 2.75) is 31.7 Å². The standard InChI is InChI=1S/C14H14F2N2O3/c15-11-5-10(13(18(20)21)6-12(11)16)14(19)17(9-3-4-9)7-8-1-2-8/h5-6,8-9H,1-4,7H2.